The van der Waals surface area contributed by atoms with E-state index in [1.165, 1.54) is 24.2 Å². The van der Waals surface area contributed by atoms with Crippen molar-refractivity contribution < 1.29 is 4.74 Å². The molecule has 3 heteroatoms. The number of rotatable bonds is 5. The van der Waals surface area contributed by atoms with E-state index in [4.69, 9.17) is 10.5 Å². The lowest BCUT2D eigenvalue weighted by atomic mass is 10.1. The minimum absolute atomic E-state index is 0.396. The van der Waals surface area contributed by atoms with Crippen LogP contribution in [0.1, 0.15) is 24.8 Å². The van der Waals surface area contributed by atoms with Crippen molar-refractivity contribution in [3.05, 3.63) is 29.8 Å². The van der Waals surface area contributed by atoms with Crippen LogP contribution in [0.25, 0.3) is 0 Å². The van der Waals surface area contributed by atoms with Gasteiger partial charge in [0.2, 0.25) is 0 Å². The van der Waals surface area contributed by atoms with Crippen LogP contribution < -0.4 is 10.5 Å². The molecule has 1 atom stereocenters. The van der Waals surface area contributed by atoms with Crippen LogP contribution in [0, 0.1) is 0 Å². The van der Waals surface area contributed by atoms with Gasteiger partial charge in [0.1, 0.15) is 11.9 Å². The van der Waals surface area contributed by atoms with Gasteiger partial charge in [0.05, 0.1) is 0 Å². The van der Waals surface area contributed by atoms with Gasteiger partial charge in [-0.15, -0.1) is 0 Å². The molecule has 94 valence electrons. The minimum Gasteiger partial charge on any atom is -0.489 e. The fourth-order valence-corrected chi connectivity index (χ4v) is 3.14. The van der Waals surface area contributed by atoms with Gasteiger partial charge < -0.3 is 10.5 Å². The number of ether oxygens (including phenoxy) is 1. The van der Waals surface area contributed by atoms with Gasteiger partial charge in [-0.25, -0.2) is 0 Å². The molecule has 1 heterocycles. The van der Waals surface area contributed by atoms with Crippen molar-refractivity contribution in [1.82, 2.24) is 0 Å². The van der Waals surface area contributed by atoms with E-state index < -0.39 is 0 Å². The Labute approximate surface area is 108 Å². The van der Waals surface area contributed by atoms with Gasteiger partial charge in [0.25, 0.3) is 0 Å². The molecule has 1 unspecified atom stereocenters. The van der Waals surface area contributed by atoms with Crippen molar-refractivity contribution in [2.24, 2.45) is 5.73 Å². The van der Waals surface area contributed by atoms with E-state index in [1.807, 2.05) is 11.8 Å². The molecule has 0 spiro atoms. The first-order valence-electron chi connectivity index (χ1n) is 6.42. The number of hydrogen-bond donors (Lipinski definition) is 1. The lowest BCUT2D eigenvalue weighted by Gasteiger charge is -2.24. The van der Waals surface area contributed by atoms with Gasteiger partial charge in [-0.05, 0) is 49.6 Å². The third-order valence-corrected chi connectivity index (χ3v) is 4.22. The van der Waals surface area contributed by atoms with Gasteiger partial charge in [-0.2, -0.15) is 11.8 Å². The Kier molecular flexibility index (Phi) is 5.20. The van der Waals surface area contributed by atoms with Crippen LogP contribution in [0.2, 0.25) is 0 Å². The normalized spacial score (nSPS) is 20.2. The van der Waals surface area contributed by atoms with Crippen LogP contribution in [0.15, 0.2) is 24.3 Å². The molecule has 1 saturated heterocycles. The second kappa shape index (κ2) is 6.92. The van der Waals surface area contributed by atoms with Gasteiger partial charge in [-0.1, -0.05) is 18.2 Å². The number of thioether (sulfide) groups is 1. The summed E-state index contributed by atoms with van der Waals surface area (Å²) in [5, 5.41) is 0. The minimum atomic E-state index is 0.396. The average Bonchev–Trinajstić information content (AvgIpc) is 2.39. The van der Waals surface area contributed by atoms with E-state index in [-0.39, 0.29) is 0 Å². The molecule has 1 fully saturated rings. The van der Waals surface area contributed by atoms with Gasteiger partial charge in [0.15, 0.2) is 0 Å². The van der Waals surface area contributed by atoms with Crippen molar-refractivity contribution in [1.29, 1.82) is 0 Å². The van der Waals surface area contributed by atoms with Crippen LogP contribution in [0.3, 0.4) is 0 Å². The maximum Gasteiger partial charge on any atom is 0.122 e. The summed E-state index contributed by atoms with van der Waals surface area (Å²) in [7, 11) is 0. The lowest BCUT2D eigenvalue weighted by Crippen LogP contribution is -2.23. The fourth-order valence-electron chi connectivity index (χ4n) is 2.10. The summed E-state index contributed by atoms with van der Waals surface area (Å²) in [6, 6.07) is 8.37. The van der Waals surface area contributed by atoms with Crippen molar-refractivity contribution >= 4 is 11.8 Å². The zero-order valence-corrected chi connectivity index (χ0v) is 11.0. The molecule has 2 nitrogen and oxygen atoms in total. The number of nitrogens with two attached hydrogens (primary N) is 1. The number of aryl methyl sites for hydroxylation is 1. The summed E-state index contributed by atoms with van der Waals surface area (Å²) in [6.45, 7) is 0.744. The Morgan fingerprint density at radius 2 is 2.24 bits per heavy atom. The van der Waals surface area contributed by atoms with Gasteiger partial charge in [0, 0.05) is 5.75 Å². The molecule has 0 saturated carbocycles. The Morgan fingerprint density at radius 1 is 1.35 bits per heavy atom. The quantitative estimate of drug-likeness (QED) is 0.874. The van der Waals surface area contributed by atoms with Crippen molar-refractivity contribution in [3.8, 4) is 5.75 Å². The highest BCUT2D eigenvalue weighted by atomic mass is 32.2. The fraction of sp³-hybridized carbons (Fsp3) is 0.571. The van der Waals surface area contributed by atoms with Crippen LogP contribution in [0.5, 0.6) is 5.75 Å². The monoisotopic (exact) mass is 251 g/mol. The molecular weight excluding hydrogens is 230 g/mol. The Bertz CT molecular complexity index is 337. The Balaban J connectivity index is 1.98. The standard InChI is InChI=1S/C14H21NOS/c15-9-3-6-12-5-1-2-8-14(12)16-13-7-4-10-17-11-13/h1-2,5,8,13H,3-4,6-7,9-11,15H2. The summed E-state index contributed by atoms with van der Waals surface area (Å²) < 4.78 is 6.12. The highest BCUT2D eigenvalue weighted by Gasteiger charge is 2.16. The van der Waals surface area contributed by atoms with Crippen molar-refractivity contribution in [2.75, 3.05) is 18.1 Å². The van der Waals surface area contributed by atoms with Crippen LogP contribution in [-0.2, 0) is 6.42 Å². The molecule has 0 amide bonds. The topological polar surface area (TPSA) is 35.2 Å². The van der Waals surface area contributed by atoms with Gasteiger partial charge in [-0.3, -0.25) is 0 Å². The van der Waals surface area contributed by atoms with E-state index in [0.717, 1.165) is 30.9 Å². The summed E-state index contributed by atoms with van der Waals surface area (Å²) in [4.78, 5) is 0. The summed E-state index contributed by atoms with van der Waals surface area (Å²) in [5.41, 5.74) is 6.87. The smallest absolute Gasteiger partial charge is 0.122 e. The van der Waals surface area contributed by atoms with Crippen LogP contribution >= 0.6 is 11.8 Å². The van der Waals surface area contributed by atoms with Crippen LogP contribution in [0.4, 0.5) is 0 Å². The molecule has 0 bridgehead atoms. The van der Waals surface area contributed by atoms with E-state index in [1.54, 1.807) is 0 Å². The van der Waals surface area contributed by atoms with E-state index in [9.17, 15) is 0 Å². The third kappa shape index (κ3) is 3.93. The van der Waals surface area contributed by atoms with Gasteiger partial charge >= 0.3 is 0 Å². The average molecular weight is 251 g/mol. The highest BCUT2D eigenvalue weighted by Crippen LogP contribution is 2.25. The molecule has 1 aromatic carbocycles. The summed E-state index contributed by atoms with van der Waals surface area (Å²) in [6.07, 6.45) is 4.91. The zero-order chi connectivity index (χ0) is 11.9. The second-order valence-electron chi connectivity index (χ2n) is 4.46. The van der Waals surface area contributed by atoms with Crippen molar-refractivity contribution in [2.45, 2.75) is 31.8 Å². The first-order valence-corrected chi connectivity index (χ1v) is 7.58. The second-order valence-corrected chi connectivity index (χ2v) is 5.61. The van der Waals surface area contributed by atoms with E-state index in [2.05, 4.69) is 24.3 Å². The Hall–Kier alpha value is -0.670. The predicted octanol–water partition coefficient (Wildman–Crippen LogP) is 2.85. The van der Waals surface area contributed by atoms with E-state index >= 15 is 0 Å². The molecule has 2 N–H and O–H groups in total. The summed E-state index contributed by atoms with van der Waals surface area (Å²) >= 11 is 2.00. The molecule has 0 aromatic heterocycles. The van der Waals surface area contributed by atoms with Crippen molar-refractivity contribution in [3.63, 3.8) is 0 Å². The zero-order valence-electron chi connectivity index (χ0n) is 10.2. The number of hydrogen-bond acceptors (Lipinski definition) is 3. The van der Waals surface area contributed by atoms with E-state index in [0.29, 0.717) is 6.10 Å². The number of benzene rings is 1. The first-order chi connectivity index (χ1) is 8.40. The number of para-hydroxylation sites is 1. The highest BCUT2D eigenvalue weighted by molar-refractivity contribution is 7.99. The first kappa shape index (κ1) is 12.8. The SMILES string of the molecule is NCCCc1ccccc1OC1CCCSC1. The molecule has 1 aliphatic heterocycles. The molecule has 1 aliphatic rings. The molecular formula is C14H21NOS. The maximum atomic E-state index is 6.12. The molecule has 0 aliphatic carbocycles. The molecule has 2 rings (SSSR count). The lowest BCUT2D eigenvalue weighted by molar-refractivity contribution is 0.209. The van der Waals surface area contributed by atoms with Crippen LogP contribution in [-0.4, -0.2) is 24.2 Å². The predicted molar refractivity (Wildman–Crippen MR) is 74.8 cm³/mol. The Morgan fingerprint density at radius 3 is 3.00 bits per heavy atom. The molecule has 1 aromatic rings. The third-order valence-electron chi connectivity index (χ3n) is 3.04. The molecule has 0 radical (unpaired) electrons. The largest absolute Gasteiger partial charge is 0.489 e. The molecule has 17 heavy (non-hydrogen) atoms. The maximum absolute atomic E-state index is 6.12. The summed E-state index contributed by atoms with van der Waals surface area (Å²) in [5.74, 6) is 3.48.